The number of halogens is 2. The number of carbonyl (C=O) groups excluding carboxylic acids is 1. The number of anilines is 1. The van der Waals surface area contributed by atoms with Gasteiger partial charge >= 0.3 is 0 Å². The second-order valence-electron chi connectivity index (χ2n) is 4.24. The summed E-state index contributed by atoms with van der Waals surface area (Å²) in [5.41, 5.74) is 5.55. The van der Waals surface area contributed by atoms with Crippen molar-refractivity contribution in [3.8, 4) is 0 Å². The van der Waals surface area contributed by atoms with Crippen molar-refractivity contribution in [1.82, 2.24) is 0 Å². The average Bonchev–Trinajstić information content (AvgIpc) is 2.35. The van der Waals surface area contributed by atoms with E-state index in [4.69, 9.17) is 29.6 Å². The zero-order valence-corrected chi connectivity index (χ0v) is 14.0. The number of nitrogens with one attached hydrogen (secondary N) is 1. The van der Waals surface area contributed by atoms with E-state index in [0.717, 1.165) is 4.47 Å². The first-order valence-electron chi connectivity index (χ1n) is 5.93. The Labute approximate surface area is 132 Å². The maximum atomic E-state index is 12.4. The Morgan fingerprint density at radius 2 is 2.05 bits per heavy atom. The van der Waals surface area contributed by atoms with Crippen molar-refractivity contribution < 1.29 is 4.79 Å². The van der Waals surface area contributed by atoms with E-state index in [1.807, 2.05) is 13.8 Å². The largest absolute Gasteiger partial charge is 0.392 e. The Morgan fingerprint density at radius 3 is 2.47 bits per heavy atom. The minimum Gasteiger partial charge on any atom is -0.392 e. The fourth-order valence-corrected chi connectivity index (χ4v) is 2.66. The third kappa shape index (κ3) is 3.46. The number of thiocarbonyl (C=S) groups is 1. The third-order valence-electron chi connectivity index (χ3n) is 3.29. The maximum absolute atomic E-state index is 12.4. The monoisotopic (exact) mass is 362 g/mol. The summed E-state index contributed by atoms with van der Waals surface area (Å²) >= 11 is 14.3. The number of benzene rings is 1. The number of carbonyl (C=O) groups is 1. The minimum absolute atomic E-state index is 0.191. The summed E-state index contributed by atoms with van der Waals surface area (Å²) in [5, 5.41) is 3.36. The lowest BCUT2D eigenvalue weighted by molar-refractivity contribution is -0.122. The van der Waals surface area contributed by atoms with Gasteiger partial charge < -0.3 is 11.1 Å². The summed E-state index contributed by atoms with van der Waals surface area (Å²) in [6.07, 6.45) is 1.13. The first-order valence-corrected chi connectivity index (χ1v) is 7.51. The topological polar surface area (TPSA) is 55.1 Å². The van der Waals surface area contributed by atoms with Gasteiger partial charge in [0.15, 0.2) is 0 Å². The molecule has 0 spiro atoms. The molecular formula is C13H16BrClN2OS. The van der Waals surface area contributed by atoms with Gasteiger partial charge in [-0.05, 0) is 47.0 Å². The van der Waals surface area contributed by atoms with E-state index in [0.29, 0.717) is 23.6 Å². The van der Waals surface area contributed by atoms with Crippen LogP contribution in [0.15, 0.2) is 22.7 Å². The van der Waals surface area contributed by atoms with Crippen molar-refractivity contribution in [2.24, 2.45) is 11.1 Å². The van der Waals surface area contributed by atoms with Gasteiger partial charge in [0.1, 0.15) is 0 Å². The van der Waals surface area contributed by atoms with Crippen LogP contribution in [0.1, 0.15) is 26.7 Å². The van der Waals surface area contributed by atoms with Gasteiger partial charge in [0.05, 0.1) is 15.4 Å². The molecule has 1 amide bonds. The smallest absolute Gasteiger partial charge is 0.237 e. The van der Waals surface area contributed by atoms with Crippen LogP contribution in [0.25, 0.3) is 0 Å². The molecule has 0 unspecified atom stereocenters. The van der Waals surface area contributed by atoms with Gasteiger partial charge in [-0.2, -0.15) is 0 Å². The van der Waals surface area contributed by atoms with Crippen LogP contribution in [0.3, 0.4) is 0 Å². The van der Waals surface area contributed by atoms with Crippen LogP contribution in [0, 0.1) is 5.41 Å². The Kier molecular flexibility index (Phi) is 5.77. The zero-order chi connectivity index (χ0) is 14.6. The first-order chi connectivity index (χ1) is 8.87. The van der Waals surface area contributed by atoms with E-state index < -0.39 is 5.41 Å². The predicted molar refractivity (Wildman–Crippen MR) is 87.6 cm³/mol. The molecule has 1 rings (SSSR count). The Morgan fingerprint density at radius 1 is 1.47 bits per heavy atom. The van der Waals surface area contributed by atoms with Crippen LogP contribution in [0.4, 0.5) is 5.69 Å². The summed E-state index contributed by atoms with van der Waals surface area (Å²) < 4.78 is 0.777. The van der Waals surface area contributed by atoms with Crippen molar-refractivity contribution in [1.29, 1.82) is 0 Å². The van der Waals surface area contributed by atoms with Gasteiger partial charge in [-0.25, -0.2) is 0 Å². The molecule has 0 heterocycles. The second kappa shape index (κ2) is 6.68. The molecule has 0 bridgehead atoms. The van der Waals surface area contributed by atoms with Crippen LogP contribution in [0.2, 0.25) is 5.02 Å². The highest BCUT2D eigenvalue weighted by Gasteiger charge is 2.38. The lowest BCUT2D eigenvalue weighted by atomic mass is 9.81. The SMILES string of the molecule is CCC(CC)(C(=O)Nc1ccc(Br)c(Cl)c1)C(N)=S. The third-order valence-corrected chi connectivity index (χ3v) is 4.91. The molecule has 104 valence electrons. The fraction of sp³-hybridized carbons (Fsp3) is 0.385. The Hall–Kier alpha value is -0.650. The van der Waals surface area contributed by atoms with Gasteiger partial charge in [-0.1, -0.05) is 37.7 Å². The molecular weight excluding hydrogens is 348 g/mol. The summed E-state index contributed by atoms with van der Waals surface area (Å²) in [6.45, 7) is 3.80. The van der Waals surface area contributed by atoms with E-state index in [1.165, 1.54) is 0 Å². The van der Waals surface area contributed by atoms with Crippen molar-refractivity contribution in [2.75, 3.05) is 5.32 Å². The highest BCUT2D eigenvalue weighted by molar-refractivity contribution is 9.10. The van der Waals surface area contributed by atoms with Gasteiger partial charge in [0, 0.05) is 10.2 Å². The molecule has 0 radical (unpaired) electrons. The van der Waals surface area contributed by atoms with E-state index in [-0.39, 0.29) is 10.9 Å². The van der Waals surface area contributed by atoms with Crippen molar-refractivity contribution >= 4 is 56.3 Å². The van der Waals surface area contributed by atoms with E-state index in [1.54, 1.807) is 18.2 Å². The molecule has 19 heavy (non-hydrogen) atoms. The lowest BCUT2D eigenvalue weighted by Gasteiger charge is -2.28. The molecule has 0 saturated carbocycles. The normalized spacial score (nSPS) is 11.2. The van der Waals surface area contributed by atoms with Gasteiger partial charge in [-0.3, -0.25) is 4.79 Å². The zero-order valence-electron chi connectivity index (χ0n) is 10.8. The number of hydrogen-bond donors (Lipinski definition) is 2. The highest BCUT2D eigenvalue weighted by atomic mass is 79.9. The lowest BCUT2D eigenvalue weighted by Crippen LogP contribution is -2.45. The predicted octanol–water partition coefficient (Wildman–Crippen LogP) is 4.13. The number of amides is 1. The summed E-state index contributed by atoms with van der Waals surface area (Å²) in [5.74, 6) is -0.191. The van der Waals surface area contributed by atoms with Crippen LogP contribution in [0.5, 0.6) is 0 Å². The maximum Gasteiger partial charge on any atom is 0.237 e. The van der Waals surface area contributed by atoms with Crippen LogP contribution in [-0.2, 0) is 4.79 Å². The molecule has 1 aromatic rings. The molecule has 6 heteroatoms. The molecule has 3 nitrogen and oxygen atoms in total. The molecule has 3 N–H and O–H groups in total. The molecule has 0 fully saturated rings. The van der Waals surface area contributed by atoms with Gasteiger partial charge in [-0.15, -0.1) is 0 Å². The Balaban J connectivity index is 3.00. The van der Waals surface area contributed by atoms with Crippen LogP contribution < -0.4 is 11.1 Å². The van der Waals surface area contributed by atoms with Crippen molar-refractivity contribution in [3.63, 3.8) is 0 Å². The van der Waals surface area contributed by atoms with E-state index in [9.17, 15) is 4.79 Å². The number of nitrogens with two attached hydrogens (primary N) is 1. The van der Waals surface area contributed by atoms with Crippen molar-refractivity contribution in [3.05, 3.63) is 27.7 Å². The summed E-state index contributed by atoms with van der Waals surface area (Å²) in [7, 11) is 0. The molecule has 0 aliphatic carbocycles. The standard InChI is InChI=1S/C13H16BrClN2OS/c1-3-13(4-2,11(16)19)12(18)17-8-5-6-9(14)10(15)7-8/h5-7H,3-4H2,1-2H3,(H2,16,19)(H,17,18). The first kappa shape index (κ1) is 16.4. The molecule has 0 aliphatic heterocycles. The van der Waals surface area contributed by atoms with Gasteiger partial charge in [0.2, 0.25) is 5.91 Å². The minimum atomic E-state index is -0.811. The highest BCUT2D eigenvalue weighted by Crippen LogP contribution is 2.30. The van der Waals surface area contributed by atoms with E-state index >= 15 is 0 Å². The molecule has 0 aromatic heterocycles. The second-order valence-corrected chi connectivity index (χ2v) is 5.94. The number of rotatable bonds is 5. The van der Waals surface area contributed by atoms with Crippen LogP contribution in [-0.4, -0.2) is 10.9 Å². The van der Waals surface area contributed by atoms with Gasteiger partial charge in [0.25, 0.3) is 0 Å². The molecule has 1 aromatic carbocycles. The number of hydrogen-bond acceptors (Lipinski definition) is 2. The molecule has 0 atom stereocenters. The average molecular weight is 364 g/mol. The fourth-order valence-electron chi connectivity index (χ4n) is 1.86. The molecule has 0 aliphatic rings. The Bertz CT molecular complexity index is 503. The summed E-state index contributed by atoms with van der Waals surface area (Å²) in [6, 6.07) is 5.22. The quantitative estimate of drug-likeness (QED) is 0.773. The van der Waals surface area contributed by atoms with E-state index in [2.05, 4.69) is 21.2 Å². The van der Waals surface area contributed by atoms with Crippen molar-refractivity contribution in [2.45, 2.75) is 26.7 Å². The molecule has 0 saturated heterocycles. The van der Waals surface area contributed by atoms with Crippen LogP contribution >= 0.6 is 39.7 Å². The summed E-state index contributed by atoms with van der Waals surface area (Å²) in [4.78, 5) is 12.6.